The topological polar surface area (TPSA) is 83.7 Å². The van der Waals surface area contributed by atoms with Gasteiger partial charge in [-0.15, -0.1) is 0 Å². The van der Waals surface area contributed by atoms with Gasteiger partial charge in [-0.05, 0) is 32.9 Å². The molecule has 20 heavy (non-hydrogen) atoms. The first kappa shape index (κ1) is 16.0. The van der Waals surface area contributed by atoms with E-state index < -0.39 is 22.2 Å². The van der Waals surface area contributed by atoms with Gasteiger partial charge in [0.05, 0.1) is 11.5 Å². The Balaban J connectivity index is 3.13. The number of hydrogen-bond acceptors (Lipinski definition) is 4. The Morgan fingerprint density at radius 2 is 2.05 bits per heavy atom. The van der Waals surface area contributed by atoms with Gasteiger partial charge in [-0.25, -0.2) is 4.39 Å². The molecule has 0 heterocycles. The minimum absolute atomic E-state index is 0.0100. The second-order valence-electron chi connectivity index (χ2n) is 5.45. The number of aliphatic carboxylic acids is 1. The van der Waals surface area contributed by atoms with Crippen LogP contribution in [0.5, 0.6) is 0 Å². The minimum atomic E-state index is -1.04. The number of carboxylic acid groups (broad SMARTS) is 1. The van der Waals surface area contributed by atoms with Crippen LogP contribution in [0.4, 0.5) is 10.1 Å². The molecule has 1 N–H and O–H groups in total. The molecule has 110 valence electrons. The SMILES string of the molecule is CC(C)(C)N(CC(=O)O)Cc1cc(F)ccc1[N+](=O)[O-]. The lowest BCUT2D eigenvalue weighted by atomic mass is 10.0. The van der Waals surface area contributed by atoms with Crippen LogP contribution in [0.2, 0.25) is 0 Å². The average Bonchev–Trinajstić information content (AvgIpc) is 2.25. The first-order chi connectivity index (χ1) is 9.11. The molecule has 1 rings (SSSR count). The van der Waals surface area contributed by atoms with Gasteiger partial charge < -0.3 is 5.11 Å². The Kier molecular flexibility index (Phi) is 4.78. The second-order valence-corrected chi connectivity index (χ2v) is 5.45. The monoisotopic (exact) mass is 284 g/mol. The lowest BCUT2D eigenvalue weighted by molar-refractivity contribution is -0.385. The van der Waals surface area contributed by atoms with E-state index in [1.807, 2.05) is 0 Å². The van der Waals surface area contributed by atoms with Crippen molar-refractivity contribution in [1.29, 1.82) is 0 Å². The maximum absolute atomic E-state index is 13.3. The van der Waals surface area contributed by atoms with E-state index in [1.54, 1.807) is 20.8 Å². The summed E-state index contributed by atoms with van der Waals surface area (Å²) in [5, 5.41) is 19.8. The summed E-state index contributed by atoms with van der Waals surface area (Å²) in [4.78, 5) is 22.8. The summed E-state index contributed by atoms with van der Waals surface area (Å²) in [6.07, 6.45) is 0. The van der Waals surface area contributed by atoms with Crippen LogP contribution in [0.1, 0.15) is 26.3 Å². The van der Waals surface area contributed by atoms with Gasteiger partial charge in [0.15, 0.2) is 0 Å². The molecule has 0 aliphatic rings. The molecule has 1 aromatic rings. The van der Waals surface area contributed by atoms with Crippen molar-refractivity contribution < 1.29 is 19.2 Å². The van der Waals surface area contributed by atoms with Gasteiger partial charge in [0.2, 0.25) is 0 Å². The molecule has 0 spiro atoms. The van der Waals surface area contributed by atoms with Gasteiger partial charge in [-0.2, -0.15) is 0 Å². The van der Waals surface area contributed by atoms with Crippen molar-refractivity contribution in [2.45, 2.75) is 32.9 Å². The van der Waals surface area contributed by atoms with Crippen LogP contribution in [-0.4, -0.2) is 33.0 Å². The molecule has 0 fully saturated rings. The largest absolute Gasteiger partial charge is 0.480 e. The van der Waals surface area contributed by atoms with Gasteiger partial charge in [0, 0.05) is 23.7 Å². The summed E-state index contributed by atoms with van der Waals surface area (Å²) in [5.74, 6) is -1.63. The molecule has 7 heteroatoms. The summed E-state index contributed by atoms with van der Waals surface area (Å²) in [6.45, 7) is 5.09. The highest BCUT2D eigenvalue weighted by molar-refractivity contribution is 5.69. The Bertz CT molecular complexity index is 526. The number of benzene rings is 1. The van der Waals surface area contributed by atoms with E-state index >= 15 is 0 Å². The molecule has 1 aromatic carbocycles. The number of halogens is 1. The van der Waals surface area contributed by atoms with Crippen molar-refractivity contribution in [2.24, 2.45) is 0 Å². The van der Waals surface area contributed by atoms with Crippen molar-refractivity contribution in [2.75, 3.05) is 6.54 Å². The average molecular weight is 284 g/mol. The van der Waals surface area contributed by atoms with Crippen LogP contribution >= 0.6 is 0 Å². The number of nitro groups is 1. The smallest absolute Gasteiger partial charge is 0.317 e. The van der Waals surface area contributed by atoms with Crippen molar-refractivity contribution in [3.8, 4) is 0 Å². The van der Waals surface area contributed by atoms with Crippen LogP contribution in [-0.2, 0) is 11.3 Å². The third-order valence-corrected chi connectivity index (χ3v) is 2.87. The molecule has 0 aliphatic heterocycles. The molecule has 0 saturated heterocycles. The molecular weight excluding hydrogens is 267 g/mol. The van der Waals surface area contributed by atoms with Crippen LogP contribution in [0.15, 0.2) is 18.2 Å². The van der Waals surface area contributed by atoms with Gasteiger partial charge in [-0.1, -0.05) is 0 Å². The lowest BCUT2D eigenvalue weighted by Gasteiger charge is -2.34. The Morgan fingerprint density at radius 1 is 1.45 bits per heavy atom. The molecule has 6 nitrogen and oxygen atoms in total. The van der Waals surface area contributed by atoms with Gasteiger partial charge in [0.25, 0.3) is 5.69 Å². The van der Waals surface area contributed by atoms with Gasteiger partial charge in [-0.3, -0.25) is 19.8 Å². The molecular formula is C13H17FN2O4. The van der Waals surface area contributed by atoms with Crippen LogP contribution in [0.25, 0.3) is 0 Å². The molecule has 0 saturated carbocycles. The van der Waals surface area contributed by atoms with Crippen molar-refractivity contribution >= 4 is 11.7 Å². The van der Waals surface area contributed by atoms with E-state index in [0.29, 0.717) is 0 Å². The zero-order chi connectivity index (χ0) is 15.5. The molecule has 0 radical (unpaired) electrons. The Morgan fingerprint density at radius 3 is 2.50 bits per heavy atom. The van der Waals surface area contributed by atoms with E-state index in [9.17, 15) is 19.3 Å². The first-order valence-electron chi connectivity index (χ1n) is 6.01. The highest BCUT2D eigenvalue weighted by Crippen LogP contribution is 2.24. The summed E-state index contributed by atoms with van der Waals surface area (Å²) < 4.78 is 13.3. The van der Waals surface area contributed by atoms with Gasteiger partial charge in [0.1, 0.15) is 5.82 Å². The predicted molar refractivity (Wildman–Crippen MR) is 70.9 cm³/mol. The van der Waals surface area contributed by atoms with Crippen LogP contribution in [0.3, 0.4) is 0 Å². The number of nitro benzene ring substituents is 1. The minimum Gasteiger partial charge on any atom is -0.480 e. The summed E-state index contributed by atoms with van der Waals surface area (Å²) >= 11 is 0. The van der Waals surface area contributed by atoms with Crippen LogP contribution < -0.4 is 0 Å². The molecule has 0 bridgehead atoms. The highest BCUT2D eigenvalue weighted by Gasteiger charge is 2.26. The maximum Gasteiger partial charge on any atom is 0.317 e. The molecule has 0 amide bonds. The number of nitrogens with zero attached hydrogens (tertiary/aromatic N) is 2. The zero-order valence-electron chi connectivity index (χ0n) is 11.6. The van der Waals surface area contributed by atoms with Crippen molar-refractivity contribution in [3.63, 3.8) is 0 Å². The Labute approximate surface area is 116 Å². The van der Waals surface area contributed by atoms with Crippen molar-refractivity contribution in [1.82, 2.24) is 4.90 Å². The number of hydrogen-bond donors (Lipinski definition) is 1. The number of carbonyl (C=O) groups is 1. The van der Waals surface area contributed by atoms with E-state index in [1.165, 1.54) is 4.90 Å². The summed E-state index contributed by atoms with van der Waals surface area (Å²) in [5.41, 5.74) is -0.573. The molecule has 0 unspecified atom stereocenters. The van der Waals surface area contributed by atoms with Crippen molar-refractivity contribution in [3.05, 3.63) is 39.7 Å². The van der Waals surface area contributed by atoms with E-state index in [0.717, 1.165) is 18.2 Å². The highest BCUT2D eigenvalue weighted by atomic mass is 19.1. The fraction of sp³-hybridized carbons (Fsp3) is 0.462. The first-order valence-corrected chi connectivity index (χ1v) is 6.01. The summed E-state index contributed by atoms with van der Waals surface area (Å²) in [7, 11) is 0. The lowest BCUT2D eigenvalue weighted by Crippen LogP contribution is -2.43. The molecule has 0 aliphatic carbocycles. The Hall–Kier alpha value is -2.02. The van der Waals surface area contributed by atoms with Gasteiger partial charge >= 0.3 is 5.97 Å². The summed E-state index contributed by atoms with van der Waals surface area (Å²) in [6, 6.07) is 3.17. The van der Waals surface area contributed by atoms with E-state index in [-0.39, 0.29) is 24.3 Å². The van der Waals surface area contributed by atoms with E-state index in [2.05, 4.69) is 0 Å². The maximum atomic E-state index is 13.3. The quantitative estimate of drug-likeness (QED) is 0.663. The fourth-order valence-electron chi connectivity index (χ4n) is 1.76. The van der Waals surface area contributed by atoms with Crippen LogP contribution in [0, 0.1) is 15.9 Å². The molecule has 0 aromatic heterocycles. The second kappa shape index (κ2) is 5.96. The number of rotatable bonds is 5. The number of carboxylic acids is 1. The zero-order valence-corrected chi connectivity index (χ0v) is 11.6. The predicted octanol–water partition coefficient (Wildman–Crippen LogP) is 2.42. The normalized spacial score (nSPS) is 11.7. The molecule has 0 atom stereocenters. The third-order valence-electron chi connectivity index (χ3n) is 2.87. The third kappa shape index (κ3) is 4.27. The van der Waals surface area contributed by atoms with E-state index in [4.69, 9.17) is 5.11 Å². The fourth-order valence-corrected chi connectivity index (χ4v) is 1.76. The standard InChI is InChI=1S/C13H17FN2O4/c1-13(2,3)15(8-12(17)18)7-9-6-10(14)4-5-11(9)16(19)20/h4-6H,7-8H2,1-3H3,(H,17,18).